The van der Waals surface area contributed by atoms with Gasteiger partial charge in [0.15, 0.2) is 17.5 Å². The van der Waals surface area contributed by atoms with Crippen LogP contribution in [0, 0.1) is 18.7 Å². The summed E-state index contributed by atoms with van der Waals surface area (Å²) in [7, 11) is 0. The van der Waals surface area contributed by atoms with Crippen LogP contribution in [0.4, 0.5) is 4.39 Å². The summed E-state index contributed by atoms with van der Waals surface area (Å²) in [5.74, 6) is 1.59. The zero-order valence-electron chi connectivity index (χ0n) is 21.4. The molecule has 0 aliphatic carbocycles. The van der Waals surface area contributed by atoms with Gasteiger partial charge in [-0.3, -0.25) is 0 Å². The number of hydrogen-bond donors (Lipinski definition) is 1. The summed E-state index contributed by atoms with van der Waals surface area (Å²) >= 11 is 0. The third-order valence-corrected chi connectivity index (χ3v) is 8.28. The number of aliphatic hydroxyl groups is 1. The Balaban J connectivity index is 0.00000294. The van der Waals surface area contributed by atoms with Gasteiger partial charge in [0.05, 0.1) is 13.1 Å². The van der Waals surface area contributed by atoms with Crippen molar-refractivity contribution in [2.24, 2.45) is 5.92 Å². The molecule has 1 N–H and O–H groups in total. The van der Waals surface area contributed by atoms with Gasteiger partial charge in [-0.05, 0) is 29.7 Å². The fourth-order valence-corrected chi connectivity index (χ4v) is 6.11. The molecule has 198 valence electrons. The van der Waals surface area contributed by atoms with Crippen molar-refractivity contribution in [3.63, 3.8) is 0 Å². The first-order chi connectivity index (χ1) is 18.0. The molecule has 0 radical (unpaired) electrons. The number of fused-ring (bicyclic) bond motifs is 3. The van der Waals surface area contributed by atoms with E-state index in [1.165, 1.54) is 6.07 Å². The molecule has 3 aliphatic heterocycles. The first-order valence-electron chi connectivity index (χ1n) is 13.0. The van der Waals surface area contributed by atoms with Gasteiger partial charge < -0.3 is 35.8 Å². The van der Waals surface area contributed by atoms with E-state index < -0.39 is 5.60 Å². The Kier molecular flexibility index (Phi) is 7.45. The molecule has 0 amide bonds. The number of rotatable bonds is 7. The molecule has 3 saturated heterocycles. The van der Waals surface area contributed by atoms with Crippen molar-refractivity contribution >= 4 is 0 Å². The van der Waals surface area contributed by atoms with Crippen molar-refractivity contribution < 1.29 is 40.2 Å². The lowest BCUT2D eigenvalue weighted by Crippen LogP contribution is -3.00. The van der Waals surface area contributed by atoms with Gasteiger partial charge >= 0.3 is 0 Å². The summed E-state index contributed by atoms with van der Waals surface area (Å²) in [6, 6.07) is 26.2. The first kappa shape index (κ1) is 26.6. The second kappa shape index (κ2) is 10.6. The number of piperidine rings is 3. The highest BCUT2D eigenvalue weighted by Gasteiger charge is 2.48. The number of nitrogens with zero attached hydrogens (tertiary/aromatic N) is 2. The maximum atomic E-state index is 14.1. The fraction of sp³-hybridized carbons (Fsp3) is 0.323. The molecular weight excluding hydrogens is 547 g/mol. The summed E-state index contributed by atoms with van der Waals surface area (Å²) in [6.45, 7) is 5.38. The van der Waals surface area contributed by atoms with E-state index in [2.05, 4.69) is 5.16 Å². The molecule has 1 aromatic heterocycles. The average Bonchev–Trinajstić information content (AvgIpc) is 3.40. The number of aromatic nitrogens is 1. The largest absolute Gasteiger partial charge is 1.00 e. The lowest BCUT2D eigenvalue weighted by Gasteiger charge is -2.51. The predicted molar refractivity (Wildman–Crippen MR) is 138 cm³/mol. The Hall–Kier alpha value is -3.00. The minimum atomic E-state index is -1.42. The standard InChI is InChI=1S/C31H32FN2O3.BrH/c1-22-12-13-26(18-28(22)32)36-29-21-34(16-14-23(29)15-17-34)20-27-19-30(33-37-27)31(35,24-8-4-2-5-9-24)25-10-6-3-7-11-25;/h2-13,18-19,23,29,35H,14-17,20-21H2,1H3;1H/q+1;/p-1/t23?,29-,34?;/m0./s1. The predicted octanol–water partition coefficient (Wildman–Crippen LogP) is 2.60. The molecule has 38 heavy (non-hydrogen) atoms. The maximum absolute atomic E-state index is 14.1. The van der Waals surface area contributed by atoms with E-state index in [0.717, 1.165) is 53.8 Å². The van der Waals surface area contributed by atoms with Crippen molar-refractivity contribution in [1.82, 2.24) is 5.16 Å². The fourth-order valence-electron chi connectivity index (χ4n) is 6.11. The maximum Gasteiger partial charge on any atom is 0.191 e. The molecule has 1 atom stereocenters. The summed E-state index contributed by atoms with van der Waals surface area (Å²) in [6.07, 6.45) is 2.17. The van der Waals surface area contributed by atoms with E-state index in [4.69, 9.17) is 9.26 Å². The van der Waals surface area contributed by atoms with E-state index in [0.29, 0.717) is 29.5 Å². The smallest absolute Gasteiger partial charge is 0.191 e. The summed E-state index contributed by atoms with van der Waals surface area (Å²) < 4.78 is 27.1. The Morgan fingerprint density at radius 3 is 2.21 bits per heavy atom. The van der Waals surface area contributed by atoms with E-state index in [9.17, 15) is 9.50 Å². The number of ether oxygens (including phenoxy) is 1. The highest BCUT2D eigenvalue weighted by Crippen LogP contribution is 2.40. The number of quaternary nitrogens is 1. The minimum Gasteiger partial charge on any atom is -1.00 e. The van der Waals surface area contributed by atoms with Gasteiger partial charge in [0, 0.05) is 30.9 Å². The number of hydrogen-bond acceptors (Lipinski definition) is 4. The Labute approximate surface area is 233 Å². The second-order valence-corrected chi connectivity index (χ2v) is 10.7. The van der Waals surface area contributed by atoms with Gasteiger partial charge in [-0.2, -0.15) is 0 Å². The van der Waals surface area contributed by atoms with Crippen LogP contribution in [0.15, 0.2) is 89.5 Å². The van der Waals surface area contributed by atoms with Crippen LogP contribution in [0.3, 0.4) is 0 Å². The van der Waals surface area contributed by atoms with E-state index >= 15 is 0 Å². The normalized spacial score (nSPS) is 22.6. The Morgan fingerprint density at radius 2 is 1.61 bits per heavy atom. The lowest BCUT2D eigenvalue weighted by molar-refractivity contribution is -0.959. The Bertz CT molecular complexity index is 1330. The molecule has 2 bridgehead atoms. The SMILES string of the molecule is Cc1ccc(O[C@H]2C[N+]3(Cc4cc(C(O)(c5ccccc5)c5ccccc5)no4)CCC2CC3)cc1F.[Br-]. The van der Waals surface area contributed by atoms with E-state index in [-0.39, 0.29) is 28.9 Å². The van der Waals surface area contributed by atoms with Crippen LogP contribution in [0.1, 0.15) is 41.0 Å². The summed E-state index contributed by atoms with van der Waals surface area (Å²) in [5.41, 5.74) is 1.17. The van der Waals surface area contributed by atoms with Gasteiger partial charge in [-0.25, -0.2) is 4.39 Å². The monoisotopic (exact) mass is 578 g/mol. The molecular formula is C31H32BrFN2O3. The number of halogens is 2. The van der Waals surface area contributed by atoms with E-state index in [1.807, 2.05) is 72.8 Å². The van der Waals surface area contributed by atoms with Crippen LogP contribution in [0.2, 0.25) is 0 Å². The number of aryl methyl sites for hydroxylation is 1. The highest BCUT2D eigenvalue weighted by molar-refractivity contribution is 5.44. The third-order valence-electron chi connectivity index (χ3n) is 8.28. The van der Waals surface area contributed by atoms with Gasteiger partial charge in [0.2, 0.25) is 0 Å². The van der Waals surface area contributed by atoms with Crippen molar-refractivity contribution in [2.75, 3.05) is 19.6 Å². The quantitative estimate of drug-likeness (QED) is 0.343. The highest BCUT2D eigenvalue weighted by atomic mass is 79.9. The third kappa shape index (κ3) is 4.91. The van der Waals surface area contributed by atoms with Gasteiger partial charge in [-0.1, -0.05) is 71.9 Å². The number of benzene rings is 3. The zero-order chi connectivity index (χ0) is 25.5. The average molecular weight is 580 g/mol. The van der Waals surface area contributed by atoms with Crippen LogP contribution in [0.25, 0.3) is 0 Å². The summed E-state index contributed by atoms with van der Waals surface area (Å²) in [5, 5.41) is 16.4. The summed E-state index contributed by atoms with van der Waals surface area (Å²) in [4.78, 5) is 0. The molecule has 4 heterocycles. The minimum absolute atomic E-state index is 0. The second-order valence-electron chi connectivity index (χ2n) is 10.7. The van der Waals surface area contributed by atoms with Crippen molar-refractivity contribution in [3.8, 4) is 5.75 Å². The molecule has 3 aromatic carbocycles. The van der Waals surface area contributed by atoms with Crippen LogP contribution < -0.4 is 21.7 Å². The molecule has 4 aromatic rings. The van der Waals surface area contributed by atoms with Crippen molar-refractivity contribution in [1.29, 1.82) is 0 Å². The molecule has 7 rings (SSSR count). The Morgan fingerprint density at radius 1 is 0.974 bits per heavy atom. The molecule has 0 spiro atoms. The molecule has 0 saturated carbocycles. The topological polar surface area (TPSA) is 55.5 Å². The zero-order valence-corrected chi connectivity index (χ0v) is 23.0. The van der Waals surface area contributed by atoms with Crippen LogP contribution in [0.5, 0.6) is 5.75 Å². The molecule has 3 fully saturated rings. The van der Waals surface area contributed by atoms with Crippen LogP contribution in [-0.2, 0) is 12.1 Å². The van der Waals surface area contributed by atoms with E-state index in [1.54, 1.807) is 13.0 Å². The lowest BCUT2D eigenvalue weighted by atomic mass is 9.82. The van der Waals surface area contributed by atoms with Gasteiger partial charge in [-0.15, -0.1) is 0 Å². The van der Waals surface area contributed by atoms with Crippen molar-refractivity contribution in [2.45, 2.75) is 38.0 Å². The van der Waals surface area contributed by atoms with Crippen LogP contribution in [-0.4, -0.2) is 40.5 Å². The van der Waals surface area contributed by atoms with Crippen LogP contribution >= 0.6 is 0 Å². The first-order valence-corrected chi connectivity index (χ1v) is 13.0. The van der Waals surface area contributed by atoms with Crippen molar-refractivity contribution in [3.05, 3.63) is 119 Å². The molecule has 5 nitrogen and oxygen atoms in total. The molecule has 0 unspecified atom stereocenters. The molecule has 7 heteroatoms. The van der Waals surface area contributed by atoms with Gasteiger partial charge in [0.25, 0.3) is 0 Å². The van der Waals surface area contributed by atoms with Gasteiger partial charge in [0.1, 0.15) is 30.4 Å². The molecule has 3 aliphatic rings.